The number of aromatic amines is 1. The molecule has 0 aliphatic heterocycles. The van der Waals surface area contributed by atoms with E-state index in [2.05, 4.69) is 9.97 Å². The summed E-state index contributed by atoms with van der Waals surface area (Å²) in [5.41, 5.74) is -0.530. The van der Waals surface area contributed by atoms with Crippen LogP contribution in [0.15, 0.2) is 34.3 Å². The molecule has 0 aliphatic rings. The normalized spacial score (nSPS) is 12.0. The second-order valence-electron chi connectivity index (χ2n) is 4.23. The molecule has 0 saturated carbocycles. The molecule has 20 heavy (non-hydrogen) atoms. The van der Waals surface area contributed by atoms with Crippen LogP contribution >= 0.6 is 11.6 Å². The van der Waals surface area contributed by atoms with Gasteiger partial charge in [-0.25, -0.2) is 13.4 Å². The van der Waals surface area contributed by atoms with Gasteiger partial charge in [0.25, 0.3) is 5.56 Å². The molecule has 0 fully saturated rings. The molecule has 0 aliphatic carbocycles. The molecule has 0 saturated heterocycles. The topological polar surface area (TPSA) is 88.1 Å². The molecule has 2 heterocycles. The molecule has 7 nitrogen and oxygen atoms in total. The van der Waals surface area contributed by atoms with Crippen LogP contribution in [0.5, 0.6) is 0 Å². The van der Waals surface area contributed by atoms with E-state index in [1.165, 1.54) is 7.05 Å². The first-order valence-electron chi connectivity index (χ1n) is 5.63. The Hall–Kier alpha value is -1.64. The molecular formula is C11H13ClN4O3S. The number of sulfonamides is 1. The van der Waals surface area contributed by atoms with Gasteiger partial charge in [-0.05, 0) is 6.07 Å². The molecule has 0 bridgehead atoms. The summed E-state index contributed by atoms with van der Waals surface area (Å²) in [6, 6.07) is 1.13. The van der Waals surface area contributed by atoms with Crippen LogP contribution in [0.1, 0.15) is 5.82 Å². The molecule has 0 atom stereocenters. The van der Waals surface area contributed by atoms with Crippen molar-refractivity contribution in [3.8, 4) is 0 Å². The second kappa shape index (κ2) is 5.39. The second-order valence-corrected chi connectivity index (χ2v) is 6.68. The van der Waals surface area contributed by atoms with Gasteiger partial charge in [0.1, 0.15) is 10.8 Å². The average molecular weight is 317 g/mol. The lowest BCUT2D eigenvalue weighted by atomic mass is 10.5. The minimum absolute atomic E-state index is 0.0705. The predicted molar refractivity (Wildman–Crippen MR) is 73.9 cm³/mol. The summed E-state index contributed by atoms with van der Waals surface area (Å²) >= 11 is 5.65. The molecule has 0 unspecified atom stereocenters. The Balaban J connectivity index is 2.32. The van der Waals surface area contributed by atoms with Gasteiger partial charge >= 0.3 is 0 Å². The van der Waals surface area contributed by atoms with Crippen LogP contribution in [0.3, 0.4) is 0 Å². The lowest BCUT2D eigenvalue weighted by Gasteiger charge is -2.16. The third-order valence-corrected chi connectivity index (χ3v) is 4.89. The van der Waals surface area contributed by atoms with E-state index in [1.807, 2.05) is 0 Å². The molecule has 0 radical (unpaired) electrons. The van der Waals surface area contributed by atoms with Crippen molar-refractivity contribution < 1.29 is 8.42 Å². The molecule has 0 aromatic carbocycles. The monoisotopic (exact) mass is 316 g/mol. The van der Waals surface area contributed by atoms with Crippen LogP contribution in [0.4, 0.5) is 0 Å². The van der Waals surface area contributed by atoms with Crippen molar-refractivity contribution >= 4 is 21.6 Å². The zero-order valence-corrected chi connectivity index (χ0v) is 12.4. The molecule has 0 amide bonds. The number of pyridine rings is 1. The molecule has 1 N–H and O–H groups in total. The van der Waals surface area contributed by atoms with Gasteiger partial charge in [0.2, 0.25) is 10.0 Å². The van der Waals surface area contributed by atoms with Gasteiger partial charge in [-0.1, -0.05) is 11.6 Å². The molecule has 2 aromatic rings. The molecule has 2 rings (SSSR count). The highest BCUT2D eigenvalue weighted by Gasteiger charge is 2.23. The third kappa shape index (κ3) is 2.77. The third-order valence-electron chi connectivity index (χ3n) is 2.82. The van der Waals surface area contributed by atoms with Crippen molar-refractivity contribution in [3.05, 3.63) is 45.9 Å². The number of aryl methyl sites for hydroxylation is 1. The number of nitrogens with zero attached hydrogens (tertiary/aromatic N) is 3. The summed E-state index contributed by atoms with van der Waals surface area (Å²) in [6.07, 6.45) is 4.44. The summed E-state index contributed by atoms with van der Waals surface area (Å²) in [5.74, 6) is 0.603. The van der Waals surface area contributed by atoms with Crippen LogP contribution in [-0.4, -0.2) is 34.3 Å². The molecule has 2 aromatic heterocycles. The highest BCUT2D eigenvalue weighted by molar-refractivity contribution is 7.89. The van der Waals surface area contributed by atoms with Crippen molar-refractivity contribution in [3.63, 3.8) is 0 Å². The Morgan fingerprint density at radius 3 is 2.75 bits per heavy atom. The van der Waals surface area contributed by atoms with Gasteiger partial charge in [-0.2, -0.15) is 4.31 Å². The zero-order valence-electron chi connectivity index (χ0n) is 10.9. The Morgan fingerprint density at radius 1 is 1.50 bits per heavy atom. The fourth-order valence-corrected chi connectivity index (χ4v) is 2.96. The number of H-pyrrole nitrogens is 1. The minimum atomic E-state index is -3.75. The summed E-state index contributed by atoms with van der Waals surface area (Å²) < 4.78 is 27.5. The van der Waals surface area contributed by atoms with E-state index in [1.54, 1.807) is 24.0 Å². The number of hydrogen-bond donors (Lipinski definition) is 1. The number of aromatic nitrogens is 3. The lowest BCUT2D eigenvalue weighted by molar-refractivity contribution is 0.451. The maximum absolute atomic E-state index is 12.3. The fraction of sp³-hybridized carbons (Fsp3) is 0.273. The Kier molecular flexibility index (Phi) is 3.98. The lowest BCUT2D eigenvalue weighted by Crippen LogP contribution is -2.28. The smallest absolute Gasteiger partial charge is 0.266 e. The Bertz CT molecular complexity index is 781. The number of hydrogen-bond acceptors (Lipinski definition) is 4. The van der Waals surface area contributed by atoms with Crippen LogP contribution in [0, 0.1) is 0 Å². The van der Waals surface area contributed by atoms with Crippen molar-refractivity contribution in [1.82, 2.24) is 18.8 Å². The van der Waals surface area contributed by atoms with Crippen LogP contribution < -0.4 is 5.56 Å². The SMILES string of the molecule is CN(Cc1nccn1C)S(=O)(=O)c1c[nH]c(=O)c(Cl)c1. The van der Waals surface area contributed by atoms with E-state index in [4.69, 9.17) is 11.6 Å². The fourth-order valence-electron chi connectivity index (χ4n) is 1.60. The number of rotatable bonds is 4. The standard InChI is InChI=1S/C11H13ClN4O3S/c1-15-4-3-13-10(15)7-16(2)20(18,19)8-5-9(12)11(17)14-6-8/h3-6H,7H2,1-2H3,(H,14,17). The summed E-state index contributed by atoms with van der Waals surface area (Å²) in [7, 11) is -0.535. The first kappa shape index (κ1) is 14.8. The zero-order chi connectivity index (χ0) is 14.9. The van der Waals surface area contributed by atoms with Gasteiger partial charge < -0.3 is 9.55 Å². The highest BCUT2D eigenvalue weighted by Crippen LogP contribution is 2.16. The van der Waals surface area contributed by atoms with Gasteiger partial charge in [0.05, 0.1) is 11.4 Å². The Labute approximate surface area is 120 Å². The van der Waals surface area contributed by atoms with Gasteiger partial charge in [0.15, 0.2) is 0 Å². The average Bonchev–Trinajstić information content (AvgIpc) is 2.78. The largest absolute Gasteiger partial charge is 0.337 e. The van der Waals surface area contributed by atoms with E-state index in [9.17, 15) is 13.2 Å². The quantitative estimate of drug-likeness (QED) is 0.894. The maximum atomic E-state index is 12.3. The van der Waals surface area contributed by atoms with Crippen molar-refractivity contribution in [2.45, 2.75) is 11.4 Å². The molecular weight excluding hydrogens is 304 g/mol. The number of nitrogens with one attached hydrogen (secondary N) is 1. The van der Waals surface area contributed by atoms with Gasteiger partial charge in [-0.15, -0.1) is 0 Å². The first-order valence-corrected chi connectivity index (χ1v) is 7.45. The summed E-state index contributed by atoms with van der Waals surface area (Å²) in [6.45, 7) is 0.114. The Morgan fingerprint density at radius 2 is 2.20 bits per heavy atom. The predicted octanol–water partition coefficient (Wildman–Crippen LogP) is 0.582. The maximum Gasteiger partial charge on any atom is 0.266 e. The first-order chi connectivity index (χ1) is 9.32. The van der Waals surface area contributed by atoms with Crippen molar-refractivity contribution in [1.29, 1.82) is 0 Å². The molecule has 108 valence electrons. The summed E-state index contributed by atoms with van der Waals surface area (Å²) in [5, 5.41) is -0.170. The van der Waals surface area contributed by atoms with Crippen LogP contribution in [-0.2, 0) is 23.6 Å². The molecule has 9 heteroatoms. The van der Waals surface area contributed by atoms with Crippen LogP contribution in [0.25, 0.3) is 0 Å². The van der Waals surface area contributed by atoms with Crippen molar-refractivity contribution in [2.24, 2.45) is 7.05 Å². The molecule has 0 spiro atoms. The van der Waals surface area contributed by atoms with E-state index in [0.717, 1.165) is 16.6 Å². The van der Waals surface area contributed by atoms with E-state index in [0.29, 0.717) is 5.82 Å². The van der Waals surface area contributed by atoms with E-state index < -0.39 is 15.6 Å². The van der Waals surface area contributed by atoms with Gasteiger partial charge in [0, 0.05) is 32.7 Å². The van der Waals surface area contributed by atoms with Gasteiger partial charge in [-0.3, -0.25) is 4.79 Å². The number of imidazole rings is 1. The van der Waals surface area contributed by atoms with E-state index >= 15 is 0 Å². The highest BCUT2D eigenvalue weighted by atomic mass is 35.5. The van der Waals surface area contributed by atoms with Crippen LogP contribution in [0.2, 0.25) is 5.02 Å². The van der Waals surface area contributed by atoms with Crippen molar-refractivity contribution in [2.75, 3.05) is 7.05 Å². The number of halogens is 1. The minimum Gasteiger partial charge on any atom is -0.337 e. The van der Waals surface area contributed by atoms with E-state index in [-0.39, 0.29) is 16.5 Å². The summed E-state index contributed by atoms with van der Waals surface area (Å²) in [4.78, 5) is 17.4.